The minimum atomic E-state index is -0.213. The van der Waals surface area contributed by atoms with Crippen LogP contribution in [0.15, 0.2) is 66.7 Å². The lowest BCUT2D eigenvalue weighted by Gasteiger charge is -2.11. The summed E-state index contributed by atoms with van der Waals surface area (Å²) in [6.45, 7) is 2.39. The Bertz CT molecular complexity index is 1070. The SMILES string of the molecule is Cc1ccc(-c2nc3ccccc3n2Cc2ccccc2F)cc1N. The molecule has 0 aliphatic rings. The molecule has 4 rings (SSSR count). The number of imidazole rings is 1. The molecule has 25 heavy (non-hydrogen) atoms. The standard InChI is InChI=1S/C21H18FN3/c1-14-10-11-15(12-18(14)23)21-24-19-8-4-5-9-20(19)25(21)13-16-6-2-3-7-17(16)22/h2-12H,13,23H2,1H3. The van der Waals surface area contributed by atoms with Gasteiger partial charge in [-0.25, -0.2) is 9.37 Å². The topological polar surface area (TPSA) is 43.8 Å². The number of nitrogens with two attached hydrogens (primary N) is 1. The Morgan fingerprint density at radius 3 is 2.56 bits per heavy atom. The normalized spacial score (nSPS) is 11.1. The van der Waals surface area contributed by atoms with Crippen molar-refractivity contribution in [1.29, 1.82) is 0 Å². The smallest absolute Gasteiger partial charge is 0.141 e. The van der Waals surface area contributed by atoms with Crippen molar-refractivity contribution in [3.05, 3.63) is 83.7 Å². The third-order valence-electron chi connectivity index (χ3n) is 4.48. The first kappa shape index (κ1) is 15.4. The van der Waals surface area contributed by atoms with Gasteiger partial charge in [-0.05, 0) is 36.8 Å². The highest BCUT2D eigenvalue weighted by Crippen LogP contribution is 2.28. The Morgan fingerprint density at radius 2 is 1.76 bits per heavy atom. The van der Waals surface area contributed by atoms with Crippen molar-refractivity contribution in [2.75, 3.05) is 5.73 Å². The van der Waals surface area contributed by atoms with Crippen molar-refractivity contribution in [1.82, 2.24) is 9.55 Å². The predicted molar refractivity (Wildman–Crippen MR) is 99.8 cm³/mol. The van der Waals surface area contributed by atoms with E-state index in [9.17, 15) is 4.39 Å². The summed E-state index contributed by atoms with van der Waals surface area (Å²) in [4.78, 5) is 4.76. The molecular weight excluding hydrogens is 313 g/mol. The van der Waals surface area contributed by atoms with E-state index in [0.717, 1.165) is 33.7 Å². The number of aromatic nitrogens is 2. The van der Waals surface area contributed by atoms with Gasteiger partial charge in [0.05, 0.1) is 17.6 Å². The van der Waals surface area contributed by atoms with Crippen LogP contribution in [0.2, 0.25) is 0 Å². The second kappa shape index (κ2) is 6.06. The highest BCUT2D eigenvalue weighted by atomic mass is 19.1. The molecule has 0 atom stereocenters. The van der Waals surface area contributed by atoms with Crippen molar-refractivity contribution >= 4 is 16.7 Å². The van der Waals surface area contributed by atoms with E-state index in [2.05, 4.69) is 0 Å². The first-order valence-corrected chi connectivity index (χ1v) is 8.18. The van der Waals surface area contributed by atoms with Gasteiger partial charge < -0.3 is 10.3 Å². The lowest BCUT2D eigenvalue weighted by atomic mass is 10.1. The summed E-state index contributed by atoms with van der Waals surface area (Å²) in [5, 5.41) is 0. The Hall–Kier alpha value is -3.14. The molecule has 4 heteroatoms. The van der Waals surface area contributed by atoms with Crippen molar-refractivity contribution < 1.29 is 4.39 Å². The molecule has 0 spiro atoms. The molecule has 2 N–H and O–H groups in total. The third kappa shape index (κ3) is 2.76. The van der Waals surface area contributed by atoms with Crippen LogP contribution in [0.25, 0.3) is 22.4 Å². The molecule has 0 saturated carbocycles. The van der Waals surface area contributed by atoms with Gasteiger partial charge in [0.25, 0.3) is 0 Å². The highest BCUT2D eigenvalue weighted by molar-refractivity contribution is 5.81. The number of nitrogens with zero attached hydrogens (tertiary/aromatic N) is 2. The van der Waals surface area contributed by atoms with Gasteiger partial charge in [-0.2, -0.15) is 0 Å². The highest BCUT2D eigenvalue weighted by Gasteiger charge is 2.14. The second-order valence-corrected chi connectivity index (χ2v) is 6.17. The summed E-state index contributed by atoms with van der Waals surface area (Å²) < 4.78 is 16.2. The summed E-state index contributed by atoms with van der Waals surface area (Å²) in [5.41, 5.74) is 11.2. The molecular formula is C21H18FN3. The number of para-hydroxylation sites is 2. The van der Waals surface area contributed by atoms with Crippen LogP contribution in [-0.4, -0.2) is 9.55 Å². The lowest BCUT2D eigenvalue weighted by Crippen LogP contribution is -2.04. The number of benzene rings is 3. The van der Waals surface area contributed by atoms with Gasteiger partial charge in [0.15, 0.2) is 0 Å². The van der Waals surface area contributed by atoms with Gasteiger partial charge in [-0.3, -0.25) is 0 Å². The predicted octanol–water partition coefficient (Wildman–Crippen LogP) is 4.78. The van der Waals surface area contributed by atoms with Gasteiger partial charge in [-0.1, -0.05) is 42.5 Å². The van der Waals surface area contributed by atoms with Crippen LogP contribution in [0, 0.1) is 12.7 Å². The fourth-order valence-corrected chi connectivity index (χ4v) is 3.03. The summed E-state index contributed by atoms with van der Waals surface area (Å²) in [6, 6.07) is 20.6. The molecule has 0 bridgehead atoms. The van der Waals surface area contributed by atoms with Crippen LogP contribution in [0.3, 0.4) is 0 Å². The Balaban J connectivity index is 1.92. The molecule has 0 radical (unpaired) electrons. The average molecular weight is 331 g/mol. The molecule has 0 saturated heterocycles. The van der Waals surface area contributed by atoms with Gasteiger partial charge >= 0.3 is 0 Å². The number of fused-ring (bicyclic) bond motifs is 1. The van der Waals surface area contributed by atoms with E-state index in [4.69, 9.17) is 10.7 Å². The van der Waals surface area contributed by atoms with E-state index in [0.29, 0.717) is 12.1 Å². The fourth-order valence-electron chi connectivity index (χ4n) is 3.03. The molecule has 3 aromatic carbocycles. The zero-order chi connectivity index (χ0) is 17.4. The number of rotatable bonds is 3. The van der Waals surface area contributed by atoms with Crippen LogP contribution in [-0.2, 0) is 6.54 Å². The van der Waals surface area contributed by atoms with E-state index in [-0.39, 0.29) is 5.82 Å². The van der Waals surface area contributed by atoms with Gasteiger partial charge in [0.2, 0.25) is 0 Å². The van der Waals surface area contributed by atoms with E-state index in [1.54, 1.807) is 12.1 Å². The number of anilines is 1. The monoisotopic (exact) mass is 331 g/mol. The second-order valence-electron chi connectivity index (χ2n) is 6.17. The third-order valence-corrected chi connectivity index (χ3v) is 4.48. The maximum absolute atomic E-state index is 14.2. The zero-order valence-corrected chi connectivity index (χ0v) is 13.9. The molecule has 0 amide bonds. The Labute approximate surface area is 145 Å². The number of hydrogen-bond donors (Lipinski definition) is 1. The lowest BCUT2D eigenvalue weighted by molar-refractivity contribution is 0.602. The molecule has 3 nitrogen and oxygen atoms in total. The van der Waals surface area contributed by atoms with Gasteiger partial charge in [-0.15, -0.1) is 0 Å². The minimum Gasteiger partial charge on any atom is -0.398 e. The van der Waals surface area contributed by atoms with E-state index < -0.39 is 0 Å². The van der Waals surface area contributed by atoms with Crippen LogP contribution in [0.5, 0.6) is 0 Å². The Kier molecular flexibility index (Phi) is 3.73. The quantitative estimate of drug-likeness (QED) is 0.549. The van der Waals surface area contributed by atoms with Crippen molar-refractivity contribution in [2.24, 2.45) is 0 Å². The van der Waals surface area contributed by atoms with Crippen LogP contribution < -0.4 is 5.73 Å². The first-order chi connectivity index (χ1) is 12.1. The Morgan fingerprint density at radius 1 is 1.00 bits per heavy atom. The largest absolute Gasteiger partial charge is 0.398 e. The van der Waals surface area contributed by atoms with Crippen LogP contribution in [0.4, 0.5) is 10.1 Å². The molecule has 1 aromatic heterocycles. The summed E-state index contributed by atoms with van der Waals surface area (Å²) in [6.07, 6.45) is 0. The molecule has 4 aromatic rings. The molecule has 0 aliphatic carbocycles. The number of halogens is 1. The summed E-state index contributed by atoms with van der Waals surface area (Å²) >= 11 is 0. The number of nitrogen functional groups attached to an aromatic ring is 1. The maximum atomic E-state index is 14.2. The maximum Gasteiger partial charge on any atom is 0.141 e. The van der Waals surface area contributed by atoms with Crippen LogP contribution in [0.1, 0.15) is 11.1 Å². The number of hydrogen-bond acceptors (Lipinski definition) is 2. The fraction of sp³-hybridized carbons (Fsp3) is 0.0952. The molecule has 124 valence electrons. The van der Waals surface area contributed by atoms with Gasteiger partial charge in [0.1, 0.15) is 11.6 Å². The zero-order valence-electron chi connectivity index (χ0n) is 13.9. The van der Waals surface area contributed by atoms with Crippen molar-refractivity contribution in [2.45, 2.75) is 13.5 Å². The summed E-state index contributed by atoms with van der Waals surface area (Å²) in [7, 11) is 0. The van der Waals surface area contributed by atoms with E-state index in [1.807, 2.05) is 60.0 Å². The van der Waals surface area contributed by atoms with Crippen LogP contribution >= 0.6 is 0 Å². The average Bonchev–Trinajstić information content (AvgIpc) is 2.98. The molecule has 1 heterocycles. The molecule has 0 fully saturated rings. The van der Waals surface area contributed by atoms with Gasteiger partial charge in [0, 0.05) is 16.8 Å². The molecule has 0 aliphatic heterocycles. The van der Waals surface area contributed by atoms with E-state index >= 15 is 0 Å². The minimum absolute atomic E-state index is 0.213. The van der Waals surface area contributed by atoms with E-state index in [1.165, 1.54) is 6.07 Å². The van der Waals surface area contributed by atoms with Crippen molar-refractivity contribution in [3.63, 3.8) is 0 Å². The first-order valence-electron chi connectivity index (χ1n) is 8.18. The summed E-state index contributed by atoms with van der Waals surface area (Å²) in [5.74, 6) is 0.575. The molecule has 0 unspecified atom stereocenters. The van der Waals surface area contributed by atoms with Crippen molar-refractivity contribution in [3.8, 4) is 11.4 Å². The number of aryl methyl sites for hydroxylation is 1.